The lowest BCUT2D eigenvalue weighted by Gasteiger charge is -2.50. The molecule has 0 aromatic heterocycles. The molecule has 2 heterocycles. The van der Waals surface area contributed by atoms with Crippen molar-refractivity contribution in [3.8, 4) is 0 Å². The molecule has 11 nitrogen and oxygen atoms in total. The monoisotopic (exact) mass is 836 g/mol. The Morgan fingerprint density at radius 2 is 1.57 bits per heavy atom. The summed E-state index contributed by atoms with van der Waals surface area (Å²) in [7, 11) is -4.03. The molecule has 1 aliphatic carbocycles. The Morgan fingerprint density at radius 3 is 2.28 bits per heavy atom. The zero-order valence-corrected chi connectivity index (χ0v) is 36.0. The van der Waals surface area contributed by atoms with Gasteiger partial charge in [0.05, 0.1) is 29.8 Å². The third-order valence-corrected chi connectivity index (χ3v) is 13.5. The summed E-state index contributed by atoms with van der Waals surface area (Å²) in [5.74, 6) is 0.0901. The van der Waals surface area contributed by atoms with Gasteiger partial charge in [-0.25, -0.2) is 8.42 Å². The predicted molar refractivity (Wildman–Crippen MR) is 232 cm³/mol. The molecule has 4 aromatic carbocycles. The molecule has 3 aliphatic rings. The van der Waals surface area contributed by atoms with E-state index in [1.54, 1.807) is 18.2 Å². The van der Waals surface area contributed by atoms with Gasteiger partial charge in [0.15, 0.2) is 6.29 Å². The van der Waals surface area contributed by atoms with Gasteiger partial charge in [-0.2, -0.15) is 4.72 Å². The van der Waals surface area contributed by atoms with E-state index >= 15 is 0 Å². The molecule has 3 fully saturated rings. The van der Waals surface area contributed by atoms with Gasteiger partial charge in [0.25, 0.3) is 0 Å². The number of carbonyl (C=O) groups is 2. The van der Waals surface area contributed by atoms with E-state index in [1.807, 2.05) is 100 Å². The minimum Gasteiger partial charge on any atom is -0.392 e. The van der Waals surface area contributed by atoms with Crippen LogP contribution >= 0.6 is 0 Å². The summed E-state index contributed by atoms with van der Waals surface area (Å²) in [6.45, 7) is 8.44. The third-order valence-electron chi connectivity index (χ3n) is 12.0. The van der Waals surface area contributed by atoms with Gasteiger partial charge in [-0.05, 0) is 107 Å². The Bertz CT molecular complexity index is 2180. The van der Waals surface area contributed by atoms with Crippen LogP contribution in [0.4, 0.5) is 5.69 Å². The fourth-order valence-corrected chi connectivity index (χ4v) is 10.2. The number of nitrogens with zero attached hydrogens (tertiary/aromatic N) is 1. The first kappa shape index (κ1) is 43.7. The van der Waals surface area contributed by atoms with Crippen LogP contribution in [0.3, 0.4) is 0 Å². The molecule has 0 unspecified atom stereocenters. The van der Waals surface area contributed by atoms with E-state index in [0.29, 0.717) is 36.2 Å². The van der Waals surface area contributed by atoms with Crippen LogP contribution in [0.2, 0.25) is 0 Å². The molecule has 320 valence electrons. The highest BCUT2D eigenvalue weighted by Crippen LogP contribution is 2.42. The van der Waals surface area contributed by atoms with Crippen molar-refractivity contribution in [2.24, 2.45) is 5.92 Å². The first-order valence-electron chi connectivity index (χ1n) is 21.4. The average Bonchev–Trinajstić information content (AvgIpc) is 3.23. The van der Waals surface area contributed by atoms with Crippen molar-refractivity contribution in [2.45, 2.75) is 133 Å². The number of likely N-dealkylation sites (tertiary alicyclic amines) is 1. The van der Waals surface area contributed by atoms with Gasteiger partial charge in [-0.15, -0.1) is 0 Å². The lowest BCUT2D eigenvalue weighted by molar-refractivity contribution is -0.255. The maximum atomic E-state index is 14.1. The number of aliphatic hydroxyl groups excluding tert-OH is 1. The zero-order valence-electron chi connectivity index (χ0n) is 35.2. The second-order valence-corrected chi connectivity index (χ2v) is 19.5. The molecule has 12 heteroatoms. The summed E-state index contributed by atoms with van der Waals surface area (Å²) < 4.78 is 43.3. The standard InChI is InChI=1S/C48H60N4O7S/c1-32-17-24-40(25-18-32)60(56,57)51-41(27-33-11-6-5-7-12-33)45(54)49-38-15-10-14-37(28-38)47-58-39(29-44(59-47)36-21-19-34(31-53)20-22-36)30-52-42-16-9-8-13-35(42)23-26-43(52)46(55)50-48(2,3)4/h5-7,10-12,14-15,17-22,24-25,28,35,39,41-44,47,51,53H,8-9,13,16,23,26-27,29-31H2,1-4H3,(H,49,54)(H,50,55)/t35-,39-,41-,42-,43-,44+,47+/m1/s1. The van der Waals surface area contributed by atoms with E-state index < -0.39 is 28.3 Å². The molecule has 0 radical (unpaired) electrons. The van der Waals surface area contributed by atoms with Crippen LogP contribution in [0, 0.1) is 12.8 Å². The number of rotatable bonds is 13. The highest BCUT2D eigenvalue weighted by atomic mass is 32.2. The number of ether oxygens (including phenoxy) is 2. The molecular weight excluding hydrogens is 777 g/mol. The molecule has 60 heavy (non-hydrogen) atoms. The smallest absolute Gasteiger partial charge is 0.242 e. The number of aliphatic hydroxyl groups is 1. The molecule has 4 aromatic rings. The molecule has 2 aliphatic heterocycles. The highest BCUT2D eigenvalue weighted by Gasteiger charge is 2.44. The molecule has 2 amide bonds. The number of fused-ring (bicyclic) bond motifs is 1. The minimum atomic E-state index is -4.03. The first-order chi connectivity index (χ1) is 28.7. The van der Waals surface area contributed by atoms with Crippen molar-refractivity contribution < 1.29 is 32.6 Å². The van der Waals surface area contributed by atoms with Gasteiger partial charge in [-0.3, -0.25) is 14.5 Å². The number of amides is 2. The van der Waals surface area contributed by atoms with E-state index in [4.69, 9.17) is 9.47 Å². The summed E-state index contributed by atoms with van der Waals surface area (Å²) in [5.41, 5.74) is 4.28. The predicted octanol–water partition coefficient (Wildman–Crippen LogP) is 7.50. The molecule has 2 saturated heterocycles. The summed E-state index contributed by atoms with van der Waals surface area (Å²) >= 11 is 0. The van der Waals surface area contributed by atoms with Gasteiger partial charge in [-0.1, -0.05) is 97.3 Å². The van der Waals surface area contributed by atoms with Crippen LogP contribution in [-0.4, -0.2) is 66.6 Å². The minimum absolute atomic E-state index is 0.0569. The van der Waals surface area contributed by atoms with Crippen LogP contribution in [0.25, 0.3) is 0 Å². The number of anilines is 1. The van der Waals surface area contributed by atoms with E-state index in [-0.39, 0.29) is 47.6 Å². The van der Waals surface area contributed by atoms with Crippen LogP contribution in [0.15, 0.2) is 108 Å². The fourth-order valence-electron chi connectivity index (χ4n) is 9.00. The summed E-state index contributed by atoms with van der Waals surface area (Å²) in [5, 5.41) is 16.0. The normalized spacial score (nSPS) is 24.2. The lowest BCUT2D eigenvalue weighted by atomic mass is 9.75. The van der Waals surface area contributed by atoms with Crippen LogP contribution < -0.4 is 15.4 Å². The second-order valence-electron chi connectivity index (χ2n) is 17.8. The topological polar surface area (TPSA) is 146 Å². The maximum Gasteiger partial charge on any atom is 0.242 e. The average molecular weight is 837 g/mol. The molecule has 1 saturated carbocycles. The number of aryl methyl sites for hydroxylation is 1. The maximum absolute atomic E-state index is 14.1. The van der Waals surface area contributed by atoms with Crippen molar-refractivity contribution in [3.05, 3.63) is 131 Å². The number of benzene rings is 4. The van der Waals surface area contributed by atoms with Gasteiger partial charge < -0.3 is 25.2 Å². The number of hydrogen-bond donors (Lipinski definition) is 4. The number of piperidine rings is 1. The largest absolute Gasteiger partial charge is 0.392 e. The SMILES string of the molecule is Cc1ccc(S(=O)(=O)N[C@H](Cc2ccccc2)C(=O)Nc2cccc([C@H]3O[C@@H](CN4[C@@H](C(=O)NC(C)(C)C)CC[C@H]5CCCC[C@H]54)C[C@@H](c4ccc(CO)cc4)O3)c2)cc1. The molecular formula is C48H60N4O7S. The van der Waals surface area contributed by atoms with Gasteiger partial charge in [0.1, 0.15) is 6.04 Å². The van der Waals surface area contributed by atoms with Crippen LogP contribution in [-0.2, 0) is 42.1 Å². The Hall–Kier alpha value is -4.43. The quantitative estimate of drug-likeness (QED) is 0.108. The molecule has 0 bridgehead atoms. The molecule has 0 spiro atoms. The van der Waals surface area contributed by atoms with Crippen molar-refractivity contribution >= 4 is 27.5 Å². The van der Waals surface area contributed by atoms with Gasteiger partial charge in [0.2, 0.25) is 21.8 Å². The lowest BCUT2D eigenvalue weighted by Crippen LogP contribution is -2.61. The Kier molecular flexibility index (Phi) is 13.9. The number of sulfonamides is 1. The van der Waals surface area contributed by atoms with Crippen molar-refractivity contribution in [1.82, 2.24) is 14.9 Å². The summed E-state index contributed by atoms with van der Waals surface area (Å²) in [6, 6.07) is 29.8. The molecule has 7 rings (SSSR count). The number of nitrogens with one attached hydrogen (secondary N) is 3. The van der Waals surface area contributed by atoms with Crippen LogP contribution in [0.1, 0.15) is 106 Å². The number of hydrogen-bond acceptors (Lipinski definition) is 8. The first-order valence-corrected chi connectivity index (χ1v) is 22.8. The van der Waals surface area contributed by atoms with E-state index in [2.05, 4.69) is 20.3 Å². The zero-order chi connectivity index (χ0) is 42.4. The van der Waals surface area contributed by atoms with Crippen molar-refractivity contribution in [2.75, 3.05) is 11.9 Å². The molecule has 4 N–H and O–H groups in total. The van der Waals surface area contributed by atoms with Gasteiger partial charge >= 0.3 is 0 Å². The van der Waals surface area contributed by atoms with Crippen LogP contribution in [0.5, 0.6) is 0 Å². The van der Waals surface area contributed by atoms with E-state index in [9.17, 15) is 23.1 Å². The molecule has 7 atom stereocenters. The second kappa shape index (κ2) is 19.1. The van der Waals surface area contributed by atoms with Crippen molar-refractivity contribution in [1.29, 1.82) is 0 Å². The Balaban J connectivity index is 1.15. The number of carbonyl (C=O) groups excluding carboxylic acids is 2. The Labute approximate surface area is 355 Å². The highest BCUT2D eigenvalue weighted by molar-refractivity contribution is 7.89. The third kappa shape index (κ3) is 11.1. The summed E-state index contributed by atoms with van der Waals surface area (Å²) in [6.07, 6.45) is 5.68. The van der Waals surface area contributed by atoms with Crippen molar-refractivity contribution in [3.63, 3.8) is 0 Å². The fraction of sp³-hybridized carbons (Fsp3) is 0.458. The Morgan fingerprint density at radius 1 is 0.833 bits per heavy atom. The summed E-state index contributed by atoms with van der Waals surface area (Å²) in [4.78, 5) is 30.5. The van der Waals surface area contributed by atoms with E-state index in [1.165, 1.54) is 25.0 Å². The van der Waals surface area contributed by atoms with Gasteiger partial charge in [0, 0.05) is 35.8 Å². The van der Waals surface area contributed by atoms with E-state index in [0.717, 1.165) is 47.9 Å².